The Morgan fingerprint density at radius 2 is 1.45 bits per heavy atom. The molecule has 3 atom stereocenters. The summed E-state index contributed by atoms with van der Waals surface area (Å²) in [6, 6.07) is 12.1. The summed E-state index contributed by atoms with van der Waals surface area (Å²) < 4.78 is 100. The van der Waals surface area contributed by atoms with Crippen LogP contribution >= 0.6 is 15.9 Å². The Morgan fingerprint density at radius 3 is 2.02 bits per heavy atom. The molecule has 3 aliphatic rings. The summed E-state index contributed by atoms with van der Waals surface area (Å²) in [4.78, 5) is 24.1. The number of fused-ring (bicyclic) bond motifs is 3. The van der Waals surface area contributed by atoms with E-state index in [1.165, 1.54) is 41.3 Å². The van der Waals surface area contributed by atoms with Crippen LogP contribution in [-0.2, 0) is 25.5 Å². The lowest BCUT2D eigenvalue weighted by molar-refractivity contribution is -0.192. The molecule has 266 valence electrons. The number of carboxylic acid groups (broad SMARTS) is 1. The molecule has 2 unspecified atom stereocenters. The molecule has 9 nitrogen and oxygen atoms in total. The first-order chi connectivity index (χ1) is 23.0. The van der Waals surface area contributed by atoms with E-state index >= 15 is 8.78 Å². The van der Waals surface area contributed by atoms with Gasteiger partial charge in [-0.15, -0.1) is 0 Å². The summed E-state index contributed by atoms with van der Waals surface area (Å²) in [6.07, 6.45) is 1.72. The topological polar surface area (TPSA) is 139 Å². The maximum atomic E-state index is 16.2. The zero-order valence-electron chi connectivity index (χ0n) is 26.0. The van der Waals surface area contributed by atoms with Gasteiger partial charge in [0.1, 0.15) is 5.75 Å². The predicted octanol–water partition coefficient (Wildman–Crippen LogP) is 6.48. The molecule has 2 saturated heterocycles. The maximum absolute atomic E-state index is 16.2. The number of nitrogens with one attached hydrogen (secondary N) is 1. The number of benzene rings is 3. The molecule has 3 aromatic rings. The number of alkyl halides is 5. The van der Waals surface area contributed by atoms with E-state index in [1.807, 2.05) is 6.07 Å². The molecule has 4 N–H and O–H groups in total. The quantitative estimate of drug-likeness (QED) is 0.223. The fourth-order valence-electron chi connectivity index (χ4n) is 6.71. The highest BCUT2D eigenvalue weighted by atomic mass is 79.9. The third kappa shape index (κ3) is 8.52. The zero-order chi connectivity index (χ0) is 35.7. The molecule has 6 rings (SSSR count). The second-order valence-electron chi connectivity index (χ2n) is 12.5. The Balaban J connectivity index is 0.000000606. The summed E-state index contributed by atoms with van der Waals surface area (Å²) in [6.45, 7) is 0. The minimum Gasteiger partial charge on any atom is -0.490 e. The number of halogens is 6. The Hall–Kier alpha value is -3.34. The first-order valence-electron chi connectivity index (χ1n) is 15.7. The van der Waals surface area contributed by atoms with Crippen molar-refractivity contribution in [2.24, 2.45) is 5.73 Å². The summed E-state index contributed by atoms with van der Waals surface area (Å²) in [7, 11) is -4.53. The lowest BCUT2D eigenvalue weighted by Gasteiger charge is -2.41. The molecule has 1 amide bonds. The SMILES string of the molecule is NC1CC2CCC(C1)N2C(=O)[C@H](NS(=O)(=O)c1ccc2cc(OC3CCCC3)ccc2c1)C(F)(F)c1ccc(Br)cc1.O=C(O)C(F)(F)F. The summed E-state index contributed by atoms with van der Waals surface area (Å²) in [5.41, 5.74) is 5.69. The number of carbonyl (C=O) groups excluding carboxylic acids is 1. The number of nitrogens with zero attached hydrogens (tertiary/aromatic N) is 1. The molecule has 1 saturated carbocycles. The first-order valence-corrected chi connectivity index (χ1v) is 18.0. The Morgan fingerprint density at radius 1 is 0.898 bits per heavy atom. The molecule has 2 heterocycles. The van der Waals surface area contributed by atoms with Crippen LogP contribution in [0.25, 0.3) is 10.8 Å². The van der Waals surface area contributed by atoms with Crippen molar-refractivity contribution in [2.75, 3.05) is 0 Å². The molecule has 49 heavy (non-hydrogen) atoms. The van der Waals surface area contributed by atoms with Gasteiger partial charge in [-0.3, -0.25) is 4.79 Å². The van der Waals surface area contributed by atoms with E-state index in [0.29, 0.717) is 41.3 Å². The molecule has 1 aliphatic carbocycles. The van der Waals surface area contributed by atoms with Crippen molar-refractivity contribution < 1.29 is 49.8 Å². The van der Waals surface area contributed by atoms with Gasteiger partial charge in [-0.1, -0.05) is 40.2 Å². The molecule has 2 bridgehead atoms. The third-order valence-electron chi connectivity index (χ3n) is 9.08. The Bertz CT molecular complexity index is 1770. The van der Waals surface area contributed by atoms with Crippen LogP contribution in [-0.4, -0.2) is 66.7 Å². The summed E-state index contributed by atoms with van der Waals surface area (Å²) in [5.74, 6) is -6.81. The van der Waals surface area contributed by atoms with Crippen molar-refractivity contribution in [1.82, 2.24) is 9.62 Å². The largest absolute Gasteiger partial charge is 0.490 e. The lowest BCUT2D eigenvalue weighted by Crippen LogP contribution is -2.60. The van der Waals surface area contributed by atoms with E-state index in [2.05, 4.69) is 20.7 Å². The zero-order valence-corrected chi connectivity index (χ0v) is 28.4. The smallest absolute Gasteiger partial charge is 0.490 e. The van der Waals surface area contributed by atoms with Gasteiger partial charge in [0.05, 0.1) is 11.0 Å². The monoisotopic (exact) mass is 775 g/mol. The third-order valence-corrected chi connectivity index (χ3v) is 11.0. The van der Waals surface area contributed by atoms with Gasteiger partial charge in [0.15, 0.2) is 6.04 Å². The van der Waals surface area contributed by atoms with Crippen LogP contribution in [0.3, 0.4) is 0 Å². The first kappa shape index (κ1) is 36.9. The average molecular weight is 777 g/mol. The molecule has 2 aliphatic heterocycles. The highest BCUT2D eigenvalue weighted by Gasteiger charge is 2.53. The van der Waals surface area contributed by atoms with Crippen LogP contribution in [0.2, 0.25) is 0 Å². The second kappa shape index (κ2) is 14.5. The van der Waals surface area contributed by atoms with E-state index in [9.17, 15) is 26.4 Å². The van der Waals surface area contributed by atoms with Crippen molar-refractivity contribution in [3.05, 3.63) is 70.7 Å². The number of sulfonamides is 1. The lowest BCUT2D eigenvalue weighted by atomic mass is 9.95. The fourth-order valence-corrected chi connectivity index (χ4v) is 8.20. The van der Waals surface area contributed by atoms with Gasteiger partial charge in [0.25, 0.3) is 5.92 Å². The number of rotatable bonds is 8. The van der Waals surface area contributed by atoms with Gasteiger partial charge in [-0.25, -0.2) is 13.2 Å². The van der Waals surface area contributed by atoms with Gasteiger partial charge in [-0.2, -0.15) is 26.7 Å². The number of carboxylic acids is 1. The number of hydrogen-bond donors (Lipinski definition) is 3. The van der Waals surface area contributed by atoms with E-state index in [4.69, 9.17) is 20.4 Å². The Kier molecular flexibility index (Phi) is 10.9. The number of hydrogen-bond acceptors (Lipinski definition) is 6. The number of nitrogens with two attached hydrogens (primary N) is 1. The molecule has 16 heteroatoms. The molecule has 3 fully saturated rings. The van der Waals surface area contributed by atoms with E-state index in [1.54, 1.807) is 18.2 Å². The standard InChI is InChI=1S/C31H34BrF2N3O4S.C2HF3O2/c32-22-9-7-21(8-10-22)31(33,34)29(30(38)37-24-11-12-25(37)18-23(35)17-24)36-42(39,40)28-14-6-19-15-27(13-5-20(19)16-28)41-26-3-1-2-4-26;3-2(4,5)1(6)7/h5-10,13-16,23-26,29,36H,1-4,11-12,17-18,35H2;(H,6,7)/t23?,24?,25?,29-;/m0./s1. The molecular weight excluding hydrogens is 741 g/mol. The number of aliphatic carboxylic acids is 1. The number of ether oxygens (including phenoxy) is 1. The average Bonchev–Trinajstić information content (AvgIpc) is 3.64. The number of piperidine rings is 1. The van der Waals surface area contributed by atoms with Crippen molar-refractivity contribution >= 4 is 48.6 Å². The van der Waals surface area contributed by atoms with Crippen molar-refractivity contribution in [2.45, 2.75) is 98.6 Å². The van der Waals surface area contributed by atoms with Crippen molar-refractivity contribution in [1.29, 1.82) is 0 Å². The van der Waals surface area contributed by atoms with Crippen LogP contribution in [0.5, 0.6) is 5.75 Å². The maximum Gasteiger partial charge on any atom is 0.490 e. The highest BCUT2D eigenvalue weighted by molar-refractivity contribution is 9.10. The van der Waals surface area contributed by atoms with E-state index in [0.717, 1.165) is 31.1 Å². The molecule has 0 radical (unpaired) electrons. The van der Waals surface area contributed by atoms with Crippen LogP contribution < -0.4 is 15.2 Å². The predicted molar refractivity (Wildman–Crippen MR) is 174 cm³/mol. The van der Waals surface area contributed by atoms with Gasteiger partial charge < -0.3 is 20.5 Å². The van der Waals surface area contributed by atoms with E-state index < -0.39 is 45.6 Å². The second-order valence-corrected chi connectivity index (χ2v) is 15.2. The van der Waals surface area contributed by atoms with Gasteiger partial charge in [0, 0.05) is 28.2 Å². The summed E-state index contributed by atoms with van der Waals surface area (Å²) >= 11 is 3.24. The molecule has 0 aromatic heterocycles. The van der Waals surface area contributed by atoms with Gasteiger partial charge in [0.2, 0.25) is 15.9 Å². The van der Waals surface area contributed by atoms with Crippen molar-refractivity contribution in [3.63, 3.8) is 0 Å². The van der Waals surface area contributed by atoms with Crippen molar-refractivity contribution in [3.8, 4) is 5.75 Å². The minimum absolute atomic E-state index is 0.115. The normalized spacial score (nSPS) is 22.0. The van der Waals surface area contributed by atoms with Gasteiger partial charge >= 0.3 is 12.1 Å². The van der Waals surface area contributed by atoms with Gasteiger partial charge in [-0.05, 0) is 98.5 Å². The Labute approximate surface area is 288 Å². The summed E-state index contributed by atoms with van der Waals surface area (Å²) in [5, 5.41) is 8.50. The van der Waals surface area contributed by atoms with Crippen LogP contribution in [0.15, 0.2) is 70.0 Å². The molecule has 3 aromatic carbocycles. The fraction of sp³-hybridized carbons (Fsp3) is 0.455. The molecule has 0 spiro atoms. The van der Waals surface area contributed by atoms with E-state index in [-0.39, 0.29) is 29.1 Å². The van der Waals surface area contributed by atoms with Crippen LogP contribution in [0.4, 0.5) is 22.0 Å². The molecular formula is C33H35BrF5N3O6S. The van der Waals surface area contributed by atoms with Crippen LogP contribution in [0, 0.1) is 0 Å². The highest BCUT2D eigenvalue weighted by Crippen LogP contribution is 2.40. The number of carbonyl (C=O) groups is 2. The number of amides is 1. The minimum atomic E-state index is -5.08. The van der Waals surface area contributed by atoms with Crippen LogP contribution in [0.1, 0.15) is 56.9 Å².